The van der Waals surface area contributed by atoms with E-state index in [4.69, 9.17) is 9.72 Å². The molecule has 5 nitrogen and oxygen atoms in total. The summed E-state index contributed by atoms with van der Waals surface area (Å²) < 4.78 is 5.47. The zero-order valence-electron chi connectivity index (χ0n) is 13.6. The minimum Gasteiger partial charge on any atom is -0.381 e. The molecule has 0 atom stereocenters. The minimum atomic E-state index is 0.433. The van der Waals surface area contributed by atoms with Crippen molar-refractivity contribution in [3.8, 4) is 0 Å². The third-order valence-corrected chi connectivity index (χ3v) is 4.71. The number of anilines is 1. The van der Waals surface area contributed by atoms with E-state index < -0.39 is 0 Å². The van der Waals surface area contributed by atoms with Crippen LogP contribution in [0.2, 0.25) is 0 Å². The Hall–Kier alpha value is -1.62. The van der Waals surface area contributed by atoms with E-state index >= 15 is 0 Å². The number of hydrogen-bond donors (Lipinski definition) is 2. The van der Waals surface area contributed by atoms with Crippen molar-refractivity contribution in [2.75, 3.05) is 19.0 Å². The van der Waals surface area contributed by atoms with Gasteiger partial charge in [0.1, 0.15) is 0 Å². The van der Waals surface area contributed by atoms with Crippen LogP contribution in [0.3, 0.4) is 0 Å². The Morgan fingerprint density at radius 1 is 1.32 bits per heavy atom. The van der Waals surface area contributed by atoms with Crippen LogP contribution in [0.1, 0.15) is 56.9 Å². The first-order valence-corrected chi connectivity index (χ1v) is 8.42. The predicted molar refractivity (Wildman–Crippen MR) is 89.3 cm³/mol. The number of H-pyrrole nitrogens is 1. The summed E-state index contributed by atoms with van der Waals surface area (Å²) >= 11 is 0. The van der Waals surface area contributed by atoms with Crippen molar-refractivity contribution in [3.05, 3.63) is 18.0 Å². The van der Waals surface area contributed by atoms with Crippen molar-refractivity contribution in [2.45, 2.75) is 57.5 Å². The lowest BCUT2D eigenvalue weighted by molar-refractivity contribution is 0.0660. The van der Waals surface area contributed by atoms with Crippen LogP contribution in [-0.2, 0) is 4.74 Å². The average Bonchev–Trinajstić information content (AvgIpc) is 2.98. The summed E-state index contributed by atoms with van der Waals surface area (Å²) in [5.74, 6) is 1.32. The van der Waals surface area contributed by atoms with Crippen LogP contribution in [0.15, 0.2) is 12.4 Å². The lowest BCUT2D eigenvalue weighted by atomic mass is 9.83. The molecule has 22 heavy (non-hydrogen) atoms. The Bertz CT molecular complexity index is 602. The van der Waals surface area contributed by atoms with Gasteiger partial charge < -0.3 is 15.0 Å². The molecule has 0 radical (unpaired) electrons. The summed E-state index contributed by atoms with van der Waals surface area (Å²) in [5.41, 5.74) is 3.45. The topological polar surface area (TPSA) is 62.8 Å². The fourth-order valence-electron chi connectivity index (χ4n) is 3.31. The maximum atomic E-state index is 5.47. The molecule has 0 bridgehead atoms. The molecule has 1 aliphatic carbocycles. The summed E-state index contributed by atoms with van der Waals surface area (Å²) in [5, 5.41) is 3.32. The second-order valence-electron chi connectivity index (χ2n) is 6.19. The quantitative estimate of drug-likeness (QED) is 0.796. The molecule has 0 unspecified atom stereocenters. The van der Waals surface area contributed by atoms with Gasteiger partial charge in [0.2, 0.25) is 5.95 Å². The lowest BCUT2D eigenvalue weighted by Crippen LogP contribution is -2.19. The first-order chi connectivity index (χ1) is 10.8. The number of nitrogens with one attached hydrogen (secondary N) is 2. The molecule has 2 aromatic heterocycles. The van der Waals surface area contributed by atoms with Gasteiger partial charge in [-0.25, -0.2) is 9.97 Å². The molecule has 1 aliphatic rings. The maximum absolute atomic E-state index is 5.47. The van der Waals surface area contributed by atoms with E-state index in [9.17, 15) is 0 Å². The van der Waals surface area contributed by atoms with Crippen molar-refractivity contribution < 1.29 is 4.74 Å². The van der Waals surface area contributed by atoms with Crippen LogP contribution in [0.5, 0.6) is 0 Å². The monoisotopic (exact) mass is 302 g/mol. The van der Waals surface area contributed by atoms with Crippen LogP contribution in [0, 0.1) is 0 Å². The molecule has 0 aromatic carbocycles. The zero-order chi connectivity index (χ0) is 15.4. The number of ether oxygens (including phenoxy) is 1. The standard InChI is InChI=1S/C17H26N4O/c1-3-4-9-18-17-20-11-15-16(21-17)14(10-19-15)12-5-7-13(22-2)8-6-12/h10-13,19H,3-9H2,1-2H3,(H,18,20,21). The van der Waals surface area contributed by atoms with Crippen LogP contribution < -0.4 is 5.32 Å². The highest BCUT2D eigenvalue weighted by molar-refractivity contribution is 5.79. The maximum Gasteiger partial charge on any atom is 0.223 e. The van der Waals surface area contributed by atoms with Crippen molar-refractivity contribution in [3.63, 3.8) is 0 Å². The Morgan fingerprint density at radius 3 is 2.86 bits per heavy atom. The summed E-state index contributed by atoms with van der Waals surface area (Å²) in [4.78, 5) is 12.4. The van der Waals surface area contributed by atoms with Gasteiger partial charge in [0.05, 0.1) is 23.3 Å². The van der Waals surface area contributed by atoms with E-state index in [0.717, 1.165) is 42.8 Å². The molecular formula is C17H26N4O. The molecule has 0 spiro atoms. The molecule has 0 saturated heterocycles. The van der Waals surface area contributed by atoms with Crippen molar-refractivity contribution >= 4 is 17.0 Å². The summed E-state index contributed by atoms with van der Waals surface area (Å²) in [6, 6.07) is 0. The second kappa shape index (κ2) is 7.09. The van der Waals surface area contributed by atoms with Crippen molar-refractivity contribution in [1.82, 2.24) is 15.0 Å². The molecule has 2 heterocycles. The van der Waals surface area contributed by atoms with E-state index in [1.807, 2.05) is 13.3 Å². The highest BCUT2D eigenvalue weighted by atomic mass is 16.5. The first kappa shape index (κ1) is 15.3. The number of rotatable bonds is 6. The van der Waals surface area contributed by atoms with E-state index in [0.29, 0.717) is 12.0 Å². The van der Waals surface area contributed by atoms with E-state index in [2.05, 4.69) is 28.4 Å². The largest absolute Gasteiger partial charge is 0.381 e. The molecule has 1 saturated carbocycles. The Kier molecular flexibility index (Phi) is 4.93. The highest BCUT2D eigenvalue weighted by Crippen LogP contribution is 2.36. The van der Waals surface area contributed by atoms with Gasteiger partial charge in [-0.05, 0) is 43.6 Å². The van der Waals surface area contributed by atoms with Gasteiger partial charge in [-0.1, -0.05) is 13.3 Å². The molecule has 2 N–H and O–H groups in total. The summed E-state index contributed by atoms with van der Waals surface area (Å²) in [7, 11) is 1.82. The number of fused-ring (bicyclic) bond motifs is 1. The van der Waals surface area contributed by atoms with Crippen molar-refractivity contribution in [2.24, 2.45) is 0 Å². The summed E-state index contributed by atoms with van der Waals surface area (Å²) in [6.07, 6.45) is 11.4. The average molecular weight is 302 g/mol. The SMILES string of the molecule is CCCCNc1ncc2[nH]cc(C3CCC(OC)CC3)c2n1. The Labute approximate surface area is 131 Å². The highest BCUT2D eigenvalue weighted by Gasteiger charge is 2.24. The molecule has 0 aliphatic heterocycles. The van der Waals surface area contributed by atoms with Crippen LogP contribution in [0.25, 0.3) is 11.0 Å². The smallest absolute Gasteiger partial charge is 0.223 e. The van der Waals surface area contributed by atoms with Gasteiger partial charge >= 0.3 is 0 Å². The van der Waals surface area contributed by atoms with E-state index in [1.165, 1.54) is 24.8 Å². The normalized spacial score (nSPS) is 22.1. The third kappa shape index (κ3) is 3.24. The third-order valence-electron chi connectivity index (χ3n) is 4.71. The molecule has 3 rings (SSSR count). The zero-order valence-corrected chi connectivity index (χ0v) is 13.6. The van der Waals surface area contributed by atoms with E-state index in [1.54, 1.807) is 0 Å². The second-order valence-corrected chi connectivity index (χ2v) is 6.19. The van der Waals surface area contributed by atoms with Crippen LogP contribution in [0.4, 0.5) is 5.95 Å². The van der Waals surface area contributed by atoms with Gasteiger partial charge in [-0.2, -0.15) is 0 Å². The molecule has 1 fully saturated rings. The van der Waals surface area contributed by atoms with Gasteiger partial charge in [0.25, 0.3) is 0 Å². The van der Waals surface area contributed by atoms with Gasteiger partial charge in [0.15, 0.2) is 0 Å². The minimum absolute atomic E-state index is 0.433. The molecule has 0 amide bonds. The summed E-state index contributed by atoms with van der Waals surface area (Å²) in [6.45, 7) is 3.12. The molecule has 5 heteroatoms. The van der Waals surface area contributed by atoms with Crippen LogP contribution in [-0.4, -0.2) is 34.7 Å². The lowest BCUT2D eigenvalue weighted by Gasteiger charge is -2.27. The van der Waals surface area contributed by atoms with Gasteiger partial charge in [-0.15, -0.1) is 0 Å². The number of methoxy groups -OCH3 is 1. The number of aromatic nitrogens is 3. The van der Waals surface area contributed by atoms with Gasteiger partial charge in [-0.3, -0.25) is 0 Å². The fraction of sp³-hybridized carbons (Fsp3) is 0.647. The fourth-order valence-corrected chi connectivity index (χ4v) is 3.31. The molecule has 120 valence electrons. The van der Waals surface area contributed by atoms with E-state index in [-0.39, 0.29) is 0 Å². The van der Waals surface area contributed by atoms with Crippen LogP contribution >= 0.6 is 0 Å². The Balaban J connectivity index is 1.76. The number of hydrogen-bond acceptors (Lipinski definition) is 4. The molecular weight excluding hydrogens is 276 g/mol. The first-order valence-electron chi connectivity index (χ1n) is 8.42. The molecule has 2 aromatic rings. The Morgan fingerprint density at radius 2 is 2.14 bits per heavy atom. The predicted octanol–water partition coefficient (Wildman–Crippen LogP) is 3.84. The van der Waals surface area contributed by atoms with Gasteiger partial charge in [0, 0.05) is 19.9 Å². The number of unbranched alkanes of at least 4 members (excludes halogenated alkanes) is 1. The number of nitrogens with zero attached hydrogens (tertiary/aromatic N) is 2. The number of aromatic amines is 1. The van der Waals surface area contributed by atoms with Crippen molar-refractivity contribution in [1.29, 1.82) is 0 Å².